The molecule has 0 radical (unpaired) electrons. The number of carbonyl (C=O) groups excluding carboxylic acids is 1. The predicted octanol–water partition coefficient (Wildman–Crippen LogP) is 4.19. The van der Waals surface area contributed by atoms with Gasteiger partial charge in [0.2, 0.25) is 0 Å². The highest BCUT2D eigenvalue weighted by molar-refractivity contribution is 6.31. The Morgan fingerprint density at radius 1 is 1.19 bits per heavy atom. The van der Waals surface area contributed by atoms with Crippen molar-refractivity contribution in [1.82, 2.24) is 4.57 Å². The van der Waals surface area contributed by atoms with Crippen LogP contribution in [-0.2, 0) is 6.54 Å². The van der Waals surface area contributed by atoms with Crippen LogP contribution in [-0.4, -0.2) is 17.5 Å². The molecule has 106 valence electrons. The summed E-state index contributed by atoms with van der Waals surface area (Å²) in [5.74, 6) is 0.715. The predicted molar refractivity (Wildman–Crippen MR) is 84.3 cm³/mol. The smallest absolute Gasteiger partial charge is 0.182 e. The first-order chi connectivity index (χ1) is 10.2. The second-order valence-electron chi connectivity index (χ2n) is 4.80. The van der Waals surface area contributed by atoms with Crippen LogP contribution in [0.4, 0.5) is 0 Å². The molecule has 0 N–H and O–H groups in total. The highest BCUT2D eigenvalue weighted by Gasteiger charge is 2.10. The first-order valence-electron chi connectivity index (χ1n) is 6.59. The molecule has 0 bridgehead atoms. The van der Waals surface area contributed by atoms with Crippen LogP contribution < -0.4 is 4.74 Å². The van der Waals surface area contributed by atoms with E-state index in [0.29, 0.717) is 16.3 Å². The second kappa shape index (κ2) is 5.62. The Morgan fingerprint density at radius 3 is 2.86 bits per heavy atom. The van der Waals surface area contributed by atoms with Crippen LogP contribution in [0.1, 0.15) is 10.4 Å². The summed E-state index contributed by atoms with van der Waals surface area (Å²) in [4.78, 5) is 12.4. The van der Waals surface area contributed by atoms with Gasteiger partial charge in [0, 0.05) is 22.3 Å². The van der Waals surface area contributed by atoms with E-state index in [9.17, 15) is 4.79 Å². The van der Waals surface area contributed by atoms with Crippen molar-refractivity contribution in [3.05, 3.63) is 65.3 Å². The summed E-state index contributed by atoms with van der Waals surface area (Å²) < 4.78 is 7.06. The summed E-state index contributed by atoms with van der Waals surface area (Å²) in [5.41, 5.74) is 1.59. The second-order valence-corrected chi connectivity index (χ2v) is 5.24. The molecule has 0 fully saturated rings. The molecule has 0 saturated heterocycles. The molecule has 0 aliphatic carbocycles. The van der Waals surface area contributed by atoms with E-state index in [1.54, 1.807) is 19.2 Å². The van der Waals surface area contributed by atoms with Gasteiger partial charge in [-0.2, -0.15) is 0 Å². The monoisotopic (exact) mass is 299 g/mol. The Balaban J connectivity index is 1.90. The van der Waals surface area contributed by atoms with Crippen molar-refractivity contribution >= 4 is 28.3 Å². The third kappa shape index (κ3) is 2.78. The number of carbonyl (C=O) groups is 1. The van der Waals surface area contributed by atoms with Crippen molar-refractivity contribution in [2.24, 2.45) is 0 Å². The molecule has 3 aromatic rings. The molecule has 0 aliphatic heterocycles. The molecule has 21 heavy (non-hydrogen) atoms. The van der Waals surface area contributed by atoms with Crippen molar-refractivity contribution in [3.63, 3.8) is 0 Å². The van der Waals surface area contributed by atoms with Gasteiger partial charge >= 0.3 is 0 Å². The Morgan fingerprint density at radius 2 is 2.05 bits per heavy atom. The highest BCUT2D eigenvalue weighted by Crippen LogP contribution is 2.21. The van der Waals surface area contributed by atoms with Gasteiger partial charge in [-0.05, 0) is 35.7 Å². The summed E-state index contributed by atoms with van der Waals surface area (Å²) in [7, 11) is 1.59. The van der Waals surface area contributed by atoms with E-state index in [1.165, 1.54) is 0 Å². The third-order valence-corrected chi connectivity index (χ3v) is 3.68. The first kappa shape index (κ1) is 13.7. The van der Waals surface area contributed by atoms with Crippen molar-refractivity contribution in [1.29, 1.82) is 0 Å². The van der Waals surface area contributed by atoms with Crippen LogP contribution >= 0.6 is 11.6 Å². The van der Waals surface area contributed by atoms with Crippen LogP contribution in [0.5, 0.6) is 5.75 Å². The number of fused-ring (bicyclic) bond motifs is 1. The molecular weight excluding hydrogens is 286 g/mol. The fourth-order valence-corrected chi connectivity index (χ4v) is 2.50. The number of methoxy groups -OCH3 is 1. The highest BCUT2D eigenvalue weighted by atomic mass is 35.5. The van der Waals surface area contributed by atoms with Gasteiger partial charge in [-0.1, -0.05) is 29.8 Å². The number of hydrogen-bond donors (Lipinski definition) is 0. The number of halogens is 1. The number of aromatic nitrogens is 1. The Labute approximate surface area is 127 Å². The Kier molecular flexibility index (Phi) is 3.67. The lowest BCUT2D eigenvalue weighted by Crippen LogP contribution is -2.09. The van der Waals surface area contributed by atoms with E-state index < -0.39 is 0 Å². The molecule has 4 heteroatoms. The SMILES string of the molecule is COc1cccc(C(=O)Cn2ccc3ccc(Cl)cc32)c1. The molecule has 2 aromatic carbocycles. The lowest BCUT2D eigenvalue weighted by molar-refractivity contribution is 0.0973. The number of Topliss-reactive ketones (excluding diaryl/α,β-unsaturated/α-hetero) is 1. The minimum Gasteiger partial charge on any atom is -0.497 e. The Hall–Kier alpha value is -2.26. The van der Waals surface area contributed by atoms with Crippen molar-refractivity contribution < 1.29 is 9.53 Å². The first-order valence-corrected chi connectivity index (χ1v) is 6.97. The van der Waals surface area contributed by atoms with E-state index in [0.717, 1.165) is 10.9 Å². The van der Waals surface area contributed by atoms with Crippen molar-refractivity contribution in [2.45, 2.75) is 6.54 Å². The van der Waals surface area contributed by atoms with Gasteiger partial charge in [0.25, 0.3) is 0 Å². The number of ether oxygens (including phenoxy) is 1. The average molecular weight is 300 g/mol. The number of rotatable bonds is 4. The molecule has 0 atom stereocenters. The third-order valence-electron chi connectivity index (χ3n) is 3.44. The van der Waals surface area contributed by atoms with E-state index in [1.807, 2.05) is 47.2 Å². The van der Waals surface area contributed by atoms with E-state index >= 15 is 0 Å². The minimum atomic E-state index is 0.0337. The van der Waals surface area contributed by atoms with Crippen LogP contribution in [0.2, 0.25) is 5.02 Å². The molecule has 3 nitrogen and oxygen atoms in total. The lowest BCUT2D eigenvalue weighted by atomic mass is 10.1. The zero-order valence-corrected chi connectivity index (χ0v) is 12.3. The summed E-state index contributed by atoms with van der Waals surface area (Å²) in [5, 5.41) is 1.73. The normalized spacial score (nSPS) is 10.8. The molecule has 3 rings (SSSR count). The fourth-order valence-electron chi connectivity index (χ4n) is 2.34. The van der Waals surface area contributed by atoms with Crippen LogP contribution in [0.3, 0.4) is 0 Å². The largest absolute Gasteiger partial charge is 0.497 e. The molecule has 0 spiro atoms. The van der Waals surface area contributed by atoms with E-state index in [4.69, 9.17) is 16.3 Å². The summed E-state index contributed by atoms with van der Waals surface area (Å²) in [6, 6.07) is 14.8. The quantitative estimate of drug-likeness (QED) is 0.677. The van der Waals surface area contributed by atoms with Crippen LogP contribution in [0.25, 0.3) is 10.9 Å². The lowest BCUT2D eigenvalue weighted by Gasteiger charge is -2.07. The number of ketones is 1. The van der Waals surface area contributed by atoms with Gasteiger partial charge in [-0.3, -0.25) is 4.79 Å². The molecule has 0 unspecified atom stereocenters. The summed E-state index contributed by atoms with van der Waals surface area (Å²) in [6.45, 7) is 0.275. The van der Waals surface area contributed by atoms with Gasteiger partial charge in [0.05, 0.1) is 13.7 Å². The standard InChI is InChI=1S/C17H14ClNO2/c1-21-15-4-2-3-13(9-15)17(20)11-19-8-7-12-5-6-14(18)10-16(12)19/h2-10H,11H2,1H3. The van der Waals surface area contributed by atoms with E-state index in [2.05, 4.69) is 0 Å². The number of benzene rings is 2. The molecular formula is C17H14ClNO2. The van der Waals surface area contributed by atoms with Crippen molar-refractivity contribution in [3.8, 4) is 5.75 Å². The molecule has 1 aromatic heterocycles. The zero-order chi connectivity index (χ0) is 14.8. The van der Waals surface area contributed by atoms with Gasteiger partial charge in [-0.15, -0.1) is 0 Å². The van der Waals surface area contributed by atoms with Gasteiger partial charge < -0.3 is 9.30 Å². The van der Waals surface area contributed by atoms with Crippen LogP contribution in [0, 0.1) is 0 Å². The maximum atomic E-state index is 12.4. The summed E-state index contributed by atoms with van der Waals surface area (Å²) in [6.07, 6.45) is 1.90. The maximum Gasteiger partial charge on any atom is 0.182 e. The van der Waals surface area contributed by atoms with Crippen molar-refractivity contribution in [2.75, 3.05) is 7.11 Å². The molecule has 0 aliphatic rings. The number of hydrogen-bond acceptors (Lipinski definition) is 2. The maximum absolute atomic E-state index is 12.4. The van der Waals surface area contributed by atoms with Crippen LogP contribution in [0.15, 0.2) is 54.7 Å². The number of nitrogens with zero attached hydrogens (tertiary/aromatic N) is 1. The van der Waals surface area contributed by atoms with Gasteiger partial charge in [0.1, 0.15) is 5.75 Å². The minimum absolute atomic E-state index is 0.0337. The Bertz CT molecular complexity index is 807. The van der Waals surface area contributed by atoms with Gasteiger partial charge in [0.15, 0.2) is 5.78 Å². The average Bonchev–Trinajstić information content (AvgIpc) is 2.89. The van der Waals surface area contributed by atoms with E-state index in [-0.39, 0.29) is 12.3 Å². The van der Waals surface area contributed by atoms with Gasteiger partial charge in [-0.25, -0.2) is 0 Å². The fraction of sp³-hybridized carbons (Fsp3) is 0.118. The summed E-state index contributed by atoms with van der Waals surface area (Å²) >= 11 is 6.03. The molecule has 1 heterocycles. The zero-order valence-electron chi connectivity index (χ0n) is 11.5. The topological polar surface area (TPSA) is 31.2 Å². The molecule has 0 amide bonds. The molecule has 0 saturated carbocycles.